The first-order valence-corrected chi connectivity index (χ1v) is 15.9. The molecule has 0 amide bonds. The van der Waals surface area contributed by atoms with E-state index in [0.29, 0.717) is 11.5 Å². The van der Waals surface area contributed by atoms with E-state index in [4.69, 9.17) is 9.97 Å². The zero-order valence-corrected chi connectivity index (χ0v) is 26.6. The van der Waals surface area contributed by atoms with Crippen LogP contribution in [0.1, 0.15) is 49.3 Å². The van der Waals surface area contributed by atoms with Crippen molar-refractivity contribution in [3.05, 3.63) is 150 Å². The fraction of sp³-hybridized carbons (Fsp3) is 0.143. The van der Waals surface area contributed by atoms with Gasteiger partial charge in [-0.05, 0) is 75.7 Å². The van der Waals surface area contributed by atoms with Crippen molar-refractivity contribution in [2.75, 3.05) is 0 Å². The van der Waals surface area contributed by atoms with E-state index in [-0.39, 0.29) is 11.7 Å². The summed E-state index contributed by atoms with van der Waals surface area (Å²) in [5, 5.41) is 11.1. The first-order chi connectivity index (χ1) is 22.4. The summed E-state index contributed by atoms with van der Waals surface area (Å²) in [5.74, 6) is 1.53. The predicted octanol–water partition coefficient (Wildman–Crippen LogP) is 10.6. The SMILES string of the molecule is CC(C)c1ccc(-c2cccc(-c3cc(C(C)c4ccccc4)cc4c3nc(-c3cc(-c5ccccc5)ccc3O)n4C)c2)nc1. The fourth-order valence-corrected chi connectivity index (χ4v) is 6.24. The third kappa shape index (κ3) is 5.48. The number of aromatic nitrogens is 3. The molecule has 7 aromatic rings. The van der Waals surface area contributed by atoms with E-state index in [0.717, 1.165) is 50.4 Å². The second kappa shape index (κ2) is 12.1. The Kier molecular flexibility index (Phi) is 7.71. The lowest BCUT2D eigenvalue weighted by atomic mass is 9.89. The number of hydrogen-bond donors (Lipinski definition) is 1. The highest BCUT2D eigenvalue weighted by Gasteiger charge is 2.21. The Hall–Kier alpha value is -5.48. The first kappa shape index (κ1) is 29.2. The molecule has 0 saturated carbocycles. The second-order valence-corrected chi connectivity index (χ2v) is 12.4. The lowest BCUT2D eigenvalue weighted by Crippen LogP contribution is -1.98. The first-order valence-electron chi connectivity index (χ1n) is 15.9. The minimum atomic E-state index is 0.172. The molecule has 7 rings (SSSR count). The molecule has 1 N–H and O–H groups in total. The summed E-state index contributed by atoms with van der Waals surface area (Å²) in [5.41, 5.74) is 12.6. The molecule has 0 aliphatic carbocycles. The van der Waals surface area contributed by atoms with Gasteiger partial charge in [0.25, 0.3) is 0 Å². The Bertz CT molecular complexity index is 2150. The van der Waals surface area contributed by atoms with Gasteiger partial charge in [0.15, 0.2) is 0 Å². The van der Waals surface area contributed by atoms with E-state index in [9.17, 15) is 5.11 Å². The van der Waals surface area contributed by atoms with Crippen molar-refractivity contribution >= 4 is 11.0 Å². The number of aryl methyl sites for hydroxylation is 1. The van der Waals surface area contributed by atoms with Crippen LogP contribution in [-0.4, -0.2) is 19.6 Å². The van der Waals surface area contributed by atoms with Crippen LogP contribution < -0.4 is 0 Å². The topological polar surface area (TPSA) is 50.9 Å². The van der Waals surface area contributed by atoms with E-state index in [1.54, 1.807) is 6.07 Å². The minimum absolute atomic E-state index is 0.172. The number of phenols is 1. The Morgan fingerprint density at radius 3 is 2.02 bits per heavy atom. The maximum atomic E-state index is 11.1. The summed E-state index contributed by atoms with van der Waals surface area (Å²) in [6.45, 7) is 6.62. The van der Waals surface area contributed by atoms with E-state index in [1.165, 1.54) is 16.7 Å². The van der Waals surface area contributed by atoms with Gasteiger partial charge >= 0.3 is 0 Å². The number of aromatic hydroxyl groups is 1. The highest BCUT2D eigenvalue weighted by atomic mass is 16.3. The van der Waals surface area contributed by atoms with Gasteiger partial charge in [-0.25, -0.2) is 4.98 Å². The van der Waals surface area contributed by atoms with Crippen LogP contribution in [0.3, 0.4) is 0 Å². The van der Waals surface area contributed by atoms with E-state index < -0.39 is 0 Å². The summed E-state index contributed by atoms with van der Waals surface area (Å²) in [4.78, 5) is 10.1. The summed E-state index contributed by atoms with van der Waals surface area (Å²) in [6.07, 6.45) is 1.98. The van der Waals surface area contributed by atoms with Crippen molar-refractivity contribution in [3.8, 4) is 50.6 Å². The number of benzene rings is 5. The Morgan fingerprint density at radius 2 is 1.30 bits per heavy atom. The van der Waals surface area contributed by atoms with E-state index >= 15 is 0 Å². The van der Waals surface area contributed by atoms with Crippen molar-refractivity contribution in [1.29, 1.82) is 0 Å². The highest BCUT2D eigenvalue weighted by molar-refractivity contribution is 5.96. The molecule has 0 bridgehead atoms. The van der Waals surface area contributed by atoms with Gasteiger partial charge in [0, 0.05) is 30.3 Å². The zero-order chi connectivity index (χ0) is 31.8. The lowest BCUT2D eigenvalue weighted by Gasteiger charge is -2.16. The quantitative estimate of drug-likeness (QED) is 0.198. The van der Waals surface area contributed by atoms with Crippen molar-refractivity contribution in [2.45, 2.75) is 32.6 Å². The average Bonchev–Trinajstić information content (AvgIpc) is 3.44. The van der Waals surface area contributed by atoms with Gasteiger partial charge in [0.1, 0.15) is 11.6 Å². The Labute approximate surface area is 270 Å². The Balaban J connectivity index is 1.42. The molecule has 0 radical (unpaired) electrons. The molecule has 4 heteroatoms. The molecule has 2 aromatic heterocycles. The molecule has 2 heterocycles. The normalized spacial score (nSPS) is 12.1. The molecule has 46 heavy (non-hydrogen) atoms. The van der Waals surface area contributed by atoms with Crippen molar-refractivity contribution in [3.63, 3.8) is 0 Å². The van der Waals surface area contributed by atoms with Crippen LogP contribution in [0.5, 0.6) is 5.75 Å². The summed E-state index contributed by atoms with van der Waals surface area (Å²) in [6, 6.07) is 44.0. The number of fused-ring (bicyclic) bond motifs is 1. The van der Waals surface area contributed by atoms with Crippen LogP contribution in [0.15, 0.2) is 134 Å². The number of nitrogens with zero attached hydrogens (tertiary/aromatic N) is 3. The van der Waals surface area contributed by atoms with Gasteiger partial charge in [0.05, 0.1) is 22.3 Å². The number of hydrogen-bond acceptors (Lipinski definition) is 3. The summed E-state index contributed by atoms with van der Waals surface area (Å²) in [7, 11) is 2.04. The number of imidazole rings is 1. The largest absolute Gasteiger partial charge is 0.507 e. The number of phenolic OH excluding ortho intramolecular Hbond substituents is 1. The molecule has 0 fully saturated rings. The van der Waals surface area contributed by atoms with Crippen LogP contribution in [0.4, 0.5) is 0 Å². The van der Waals surface area contributed by atoms with E-state index in [1.807, 2.05) is 43.6 Å². The Morgan fingerprint density at radius 1 is 0.587 bits per heavy atom. The average molecular weight is 600 g/mol. The molecule has 1 atom stereocenters. The molecule has 0 aliphatic rings. The molecule has 0 saturated heterocycles. The summed E-state index contributed by atoms with van der Waals surface area (Å²) >= 11 is 0. The monoisotopic (exact) mass is 599 g/mol. The smallest absolute Gasteiger partial charge is 0.144 e. The molecule has 5 aromatic carbocycles. The van der Waals surface area contributed by atoms with Gasteiger partial charge in [-0.1, -0.05) is 112 Å². The molecular weight excluding hydrogens is 562 g/mol. The van der Waals surface area contributed by atoms with Crippen LogP contribution in [0, 0.1) is 0 Å². The third-order valence-electron chi connectivity index (χ3n) is 9.08. The van der Waals surface area contributed by atoms with Gasteiger partial charge in [-0.15, -0.1) is 0 Å². The summed E-state index contributed by atoms with van der Waals surface area (Å²) < 4.78 is 2.11. The number of rotatable bonds is 7. The molecule has 226 valence electrons. The van der Waals surface area contributed by atoms with Crippen molar-refractivity contribution in [2.24, 2.45) is 7.05 Å². The molecule has 0 aliphatic heterocycles. The number of pyridine rings is 1. The molecule has 1 unspecified atom stereocenters. The van der Waals surface area contributed by atoms with Crippen LogP contribution in [0.25, 0.3) is 55.9 Å². The van der Waals surface area contributed by atoms with Crippen molar-refractivity contribution < 1.29 is 5.11 Å². The van der Waals surface area contributed by atoms with Crippen LogP contribution in [-0.2, 0) is 7.05 Å². The van der Waals surface area contributed by atoms with Gasteiger partial charge in [-0.3, -0.25) is 4.98 Å². The fourth-order valence-electron chi connectivity index (χ4n) is 6.24. The van der Waals surface area contributed by atoms with Crippen molar-refractivity contribution in [1.82, 2.24) is 14.5 Å². The van der Waals surface area contributed by atoms with Crippen LogP contribution in [0.2, 0.25) is 0 Å². The van der Waals surface area contributed by atoms with Gasteiger partial charge in [-0.2, -0.15) is 0 Å². The maximum Gasteiger partial charge on any atom is 0.144 e. The minimum Gasteiger partial charge on any atom is -0.507 e. The van der Waals surface area contributed by atoms with Crippen LogP contribution >= 0.6 is 0 Å². The lowest BCUT2D eigenvalue weighted by molar-refractivity contribution is 0.476. The molecular formula is C42H37N3O. The molecule has 4 nitrogen and oxygen atoms in total. The standard InChI is InChI=1S/C42H37N3O/c1-27(2)34-18-20-38(43-26-34)33-17-11-16-32(22-33)36-24-35(28(3)29-12-7-5-8-13-29)25-39-41(36)44-42(45(39)4)37-23-31(19-21-40(37)46)30-14-9-6-10-15-30/h5-28,46H,1-4H3. The molecule has 0 spiro atoms. The van der Waals surface area contributed by atoms with Gasteiger partial charge < -0.3 is 9.67 Å². The zero-order valence-electron chi connectivity index (χ0n) is 26.6. The predicted molar refractivity (Wildman–Crippen MR) is 190 cm³/mol. The van der Waals surface area contributed by atoms with Gasteiger partial charge in [0.2, 0.25) is 0 Å². The third-order valence-corrected chi connectivity index (χ3v) is 9.08. The maximum absolute atomic E-state index is 11.1. The van der Waals surface area contributed by atoms with E-state index in [2.05, 4.69) is 116 Å². The highest BCUT2D eigenvalue weighted by Crippen LogP contribution is 2.40. The second-order valence-electron chi connectivity index (χ2n) is 12.4.